The fourth-order valence-electron chi connectivity index (χ4n) is 2.05. The molecular formula is C15H21N3O. The minimum atomic E-state index is 0.0159. The highest BCUT2D eigenvalue weighted by atomic mass is 16.5. The second-order valence-electron chi connectivity index (χ2n) is 4.47. The third-order valence-electron chi connectivity index (χ3n) is 3.26. The monoisotopic (exact) mass is 259 g/mol. The van der Waals surface area contributed by atoms with Gasteiger partial charge >= 0.3 is 0 Å². The van der Waals surface area contributed by atoms with Gasteiger partial charge in [0.25, 0.3) is 0 Å². The lowest BCUT2D eigenvalue weighted by molar-refractivity contribution is 0.285. The van der Waals surface area contributed by atoms with Crippen LogP contribution in [0.1, 0.15) is 37.7 Å². The molecule has 2 rings (SSSR count). The minimum Gasteiger partial charge on any atom is -0.485 e. The van der Waals surface area contributed by atoms with Crippen LogP contribution in [0.25, 0.3) is 0 Å². The van der Waals surface area contributed by atoms with E-state index in [1.54, 1.807) is 6.20 Å². The Morgan fingerprint density at radius 1 is 1.32 bits per heavy atom. The van der Waals surface area contributed by atoms with Crippen LogP contribution in [0.4, 0.5) is 0 Å². The largest absolute Gasteiger partial charge is 0.485 e. The highest BCUT2D eigenvalue weighted by molar-refractivity contribution is 5.35. The van der Waals surface area contributed by atoms with Gasteiger partial charge in [-0.25, -0.2) is 4.98 Å². The molecule has 2 aromatic rings. The summed E-state index contributed by atoms with van der Waals surface area (Å²) in [5.41, 5.74) is 7.15. The summed E-state index contributed by atoms with van der Waals surface area (Å²) < 4.78 is 7.96. The Morgan fingerprint density at radius 2 is 2.11 bits per heavy atom. The Hall–Kier alpha value is -1.81. The Labute approximate surface area is 114 Å². The summed E-state index contributed by atoms with van der Waals surface area (Å²) in [5.74, 6) is 1.78. The first-order valence-electron chi connectivity index (χ1n) is 6.73. The molecule has 102 valence electrons. The van der Waals surface area contributed by atoms with E-state index in [2.05, 4.69) is 23.4 Å². The lowest BCUT2D eigenvalue weighted by Gasteiger charge is -2.15. The lowest BCUT2D eigenvalue weighted by Crippen LogP contribution is -2.12. The number of rotatable bonds is 6. The molecule has 19 heavy (non-hydrogen) atoms. The van der Waals surface area contributed by atoms with Gasteiger partial charge in [0.05, 0.1) is 0 Å². The van der Waals surface area contributed by atoms with E-state index in [1.807, 2.05) is 30.5 Å². The quantitative estimate of drug-likeness (QED) is 0.867. The number of hydrogen-bond acceptors (Lipinski definition) is 3. The molecule has 0 saturated heterocycles. The first kappa shape index (κ1) is 13.6. The van der Waals surface area contributed by atoms with Crippen molar-refractivity contribution in [3.8, 4) is 5.75 Å². The van der Waals surface area contributed by atoms with E-state index in [1.165, 1.54) is 0 Å². The fraction of sp³-hybridized carbons (Fsp3) is 0.400. The van der Waals surface area contributed by atoms with Crippen molar-refractivity contribution >= 4 is 0 Å². The summed E-state index contributed by atoms with van der Waals surface area (Å²) in [4.78, 5) is 4.30. The van der Waals surface area contributed by atoms with Gasteiger partial charge in [-0.05, 0) is 19.4 Å². The van der Waals surface area contributed by atoms with E-state index in [0.717, 1.165) is 30.1 Å². The summed E-state index contributed by atoms with van der Waals surface area (Å²) in [7, 11) is 0. The molecule has 0 aliphatic rings. The summed E-state index contributed by atoms with van der Waals surface area (Å²) in [6.45, 7) is 5.53. The minimum absolute atomic E-state index is 0.0159. The van der Waals surface area contributed by atoms with Gasteiger partial charge in [-0.1, -0.05) is 25.1 Å². The molecule has 1 aromatic heterocycles. The van der Waals surface area contributed by atoms with Crippen LogP contribution in [0.3, 0.4) is 0 Å². The second kappa shape index (κ2) is 6.38. The fourth-order valence-corrected chi connectivity index (χ4v) is 2.05. The van der Waals surface area contributed by atoms with Crippen LogP contribution in [0.5, 0.6) is 5.75 Å². The van der Waals surface area contributed by atoms with Gasteiger partial charge in [-0.2, -0.15) is 0 Å². The van der Waals surface area contributed by atoms with Gasteiger partial charge in [0.1, 0.15) is 18.2 Å². The Morgan fingerprint density at radius 3 is 2.84 bits per heavy atom. The molecule has 0 saturated carbocycles. The van der Waals surface area contributed by atoms with Crippen molar-refractivity contribution in [2.45, 2.75) is 39.5 Å². The smallest absolute Gasteiger partial charge is 0.146 e. The van der Waals surface area contributed by atoms with Crippen molar-refractivity contribution in [3.05, 3.63) is 48.0 Å². The van der Waals surface area contributed by atoms with Gasteiger partial charge in [-0.15, -0.1) is 0 Å². The topological polar surface area (TPSA) is 53.1 Å². The van der Waals surface area contributed by atoms with Crippen LogP contribution in [0, 0.1) is 0 Å². The summed E-state index contributed by atoms with van der Waals surface area (Å²) >= 11 is 0. The number of nitrogens with zero attached hydrogens (tertiary/aromatic N) is 2. The molecule has 4 nitrogen and oxygen atoms in total. The molecule has 1 heterocycles. The molecule has 0 unspecified atom stereocenters. The number of aromatic nitrogens is 2. The number of nitrogens with two attached hydrogens (primary N) is 1. The number of ether oxygens (including phenoxy) is 1. The molecule has 0 fully saturated rings. The molecule has 0 aliphatic heterocycles. The first-order valence-corrected chi connectivity index (χ1v) is 6.73. The maximum absolute atomic E-state index is 6.10. The van der Waals surface area contributed by atoms with Crippen LogP contribution in [-0.2, 0) is 13.2 Å². The zero-order valence-electron chi connectivity index (χ0n) is 11.5. The van der Waals surface area contributed by atoms with E-state index >= 15 is 0 Å². The molecule has 0 spiro atoms. The van der Waals surface area contributed by atoms with Crippen LogP contribution in [0.15, 0.2) is 36.7 Å². The molecule has 1 aromatic carbocycles. The SMILES string of the molecule is CC[C@@H](N)c1ccccc1OCc1nccn1CC. The van der Waals surface area contributed by atoms with Gasteiger partial charge in [0.15, 0.2) is 0 Å². The zero-order chi connectivity index (χ0) is 13.7. The molecule has 0 amide bonds. The van der Waals surface area contributed by atoms with Gasteiger partial charge in [-0.3, -0.25) is 0 Å². The Bertz CT molecular complexity index is 522. The Balaban J connectivity index is 2.11. The maximum atomic E-state index is 6.10. The van der Waals surface area contributed by atoms with Gasteiger partial charge in [0.2, 0.25) is 0 Å². The van der Waals surface area contributed by atoms with Crippen molar-refractivity contribution in [2.24, 2.45) is 5.73 Å². The maximum Gasteiger partial charge on any atom is 0.146 e. The molecule has 0 aliphatic carbocycles. The van der Waals surface area contributed by atoms with Crippen LogP contribution < -0.4 is 10.5 Å². The molecule has 2 N–H and O–H groups in total. The van der Waals surface area contributed by atoms with Crippen LogP contribution >= 0.6 is 0 Å². The number of para-hydroxylation sites is 1. The van der Waals surface area contributed by atoms with Crippen molar-refractivity contribution in [3.63, 3.8) is 0 Å². The average Bonchev–Trinajstić information content (AvgIpc) is 2.92. The average molecular weight is 259 g/mol. The van der Waals surface area contributed by atoms with Gasteiger partial charge in [0, 0.05) is 30.5 Å². The van der Waals surface area contributed by atoms with Gasteiger partial charge < -0.3 is 15.0 Å². The number of imidazole rings is 1. The summed E-state index contributed by atoms with van der Waals surface area (Å²) in [6.07, 6.45) is 4.65. The van der Waals surface area contributed by atoms with Crippen molar-refractivity contribution in [1.29, 1.82) is 0 Å². The molecular weight excluding hydrogens is 238 g/mol. The predicted molar refractivity (Wildman–Crippen MR) is 75.9 cm³/mol. The summed E-state index contributed by atoms with van der Waals surface area (Å²) in [6, 6.07) is 7.96. The zero-order valence-corrected chi connectivity index (χ0v) is 11.5. The third kappa shape index (κ3) is 3.15. The number of hydrogen-bond donors (Lipinski definition) is 1. The second-order valence-corrected chi connectivity index (χ2v) is 4.47. The normalized spacial score (nSPS) is 12.4. The van der Waals surface area contributed by atoms with Crippen LogP contribution in [0.2, 0.25) is 0 Å². The van der Waals surface area contributed by atoms with E-state index in [-0.39, 0.29) is 6.04 Å². The highest BCUT2D eigenvalue weighted by Gasteiger charge is 2.10. The van der Waals surface area contributed by atoms with E-state index < -0.39 is 0 Å². The summed E-state index contributed by atoms with van der Waals surface area (Å²) in [5, 5.41) is 0. The number of aryl methyl sites for hydroxylation is 1. The first-order chi connectivity index (χ1) is 9.26. The van der Waals surface area contributed by atoms with Crippen molar-refractivity contribution in [1.82, 2.24) is 9.55 Å². The molecule has 1 atom stereocenters. The van der Waals surface area contributed by atoms with E-state index in [4.69, 9.17) is 10.5 Å². The van der Waals surface area contributed by atoms with E-state index in [0.29, 0.717) is 6.61 Å². The molecule has 4 heteroatoms. The lowest BCUT2D eigenvalue weighted by atomic mass is 10.0. The number of benzene rings is 1. The molecule has 0 bridgehead atoms. The molecule has 0 radical (unpaired) electrons. The van der Waals surface area contributed by atoms with Crippen LogP contribution in [-0.4, -0.2) is 9.55 Å². The predicted octanol–water partition coefficient (Wildman–Crippen LogP) is 2.89. The third-order valence-corrected chi connectivity index (χ3v) is 3.26. The standard InChI is InChI=1S/C15H21N3O/c1-3-13(16)12-7-5-6-8-14(12)19-11-15-17-9-10-18(15)4-2/h5-10,13H,3-4,11,16H2,1-2H3/t13-/m1/s1. The van der Waals surface area contributed by atoms with Crippen molar-refractivity contribution in [2.75, 3.05) is 0 Å². The van der Waals surface area contributed by atoms with E-state index in [9.17, 15) is 0 Å². The van der Waals surface area contributed by atoms with Crippen molar-refractivity contribution < 1.29 is 4.74 Å². The Kier molecular flexibility index (Phi) is 4.58. The highest BCUT2D eigenvalue weighted by Crippen LogP contribution is 2.25.